The van der Waals surface area contributed by atoms with Gasteiger partial charge in [0.1, 0.15) is 15.9 Å². The summed E-state index contributed by atoms with van der Waals surface area (Å²) in [5.74, 6) is -0.808. The summed E-state index contributed by atoms with van der Waals surface area (Å²) >= 11 is 0. The number of amides is 2. The molecular formula is C19H21N3O4S. The second kappa shape index (κ2) is 7.87. The highest BCUT2D eigenvalue weighted by molar-refractivity contribution is 7.90. The number of nitrogens with one attached hydrogen (secondary N) is 1. The van der Waals surface area contributed by atoms with Crippen molar-refractivity contribution < 1.29 is 18.0 Å². The van der Waals surface area contributed by atoms with Crippen LogP contribution >= 0.6 is 0 Å². The summed E-state index contributed by atoms with van der Waals surface area (Å²) in [5.41, 5.74) is 2.08. The Bertz CT molecular complexity index is 944. The van der Waals surface area contributed by atoms with Gasteiger partial charge < -0.3 is 10.2 Å². The van der Waals surface area contributed by atoms with E-state index in [1.807, 2.05) is 18.2 Å². The van der Waals surface area contributed by atoms with Gasteiger partial charge in [0.15, 0.2) is 0 Å². The lowest BCUT2D eigenvalue weighted by molar-refractivity contribution is -0.126. The number of pyridine rings is 1. The topological polar surface area (TPSA) is 96.4 Å². The van der Waals surface area contributed by atoms with E-state index in [0.717, 1.165) is 11.8 Å². The number of hydrogen-bond acceptors (Lipinski definition) is 5. The second-order valence-electron chi connectivity index (χ2n) is 6.56. The molecule has 1 aliphatic heterocycles. The molecule has 7 nitrogen and oxygen atoms in total. The van der Waals surface area contributed by atoms with E-state index in [1.165, 1.54) is 4.90 Å². The summed E-state index contributed by atoms with van der Waals surface area (Å²) in [6, 6.07) is 11.7. The van der Waals surface area contributed by atoms with E-state index in [9.17, 15) is 18.0 Å². The highest BCUT2D eigenvalue weighted by Gasteiger charge is 2.36. The van der Waals surface area contributed by atoms with Crippen LogP contribution < -0.4 is 5.32 Å². The van der Waals surface area contributed by atoms with Gasteiger partial charge in [-0.3, -0.25) is 14.6 Å². The van der Waals surface area contributed by atoms with Crippen molar-refractivity contribution in [3.8, 4) is 0 Å². The van der Waals surface area contributed by atoms with Crippen LogP contribution in [0.3, 0.4) is 0 Å². The predicted octanol–water partition coefficient (Wildman–Crippen LogP) is 1.16. The summed E-state index contributed by atoms with van der Waals surface area (Å²) < 4.78 is 23.2. The highest BCUT2D eigenvalue weighted by atomic mass is 32.2. The van der Waals surface area contributed by atoms with Gasteiger partial charge in [0.2, 0.25) is 5.91 Å². The monoisotopic (exact) mass is 387 g/mol. The van der Waals surface area contributed by atoms with Crippen molar-refractivity contribution in [3.05, 3.63) is 65.5 Å². The lowest BCUT2D eigenvalue weighted by atomic mass is 10.1. The van der Waals surface area contributed by atoms with E-state index < -0.39 is 15.9 Å². The van der Waals surface area contributed by atoms with Crippen LogP contribution in [-0.2, 0) is 27.7 Å². The third-order valence-electron chi connectivity index (χ3n) is 4.46. The first-order valence-corrected chi connectivity index (χ1v) is 10.7. The standard InChI is InChI=1S/C19H21N3O4S/c1-27(25,26)11-9-17(18(23)21-12-15-7-4-5-10-20-15)22-13-14-6-2-3-8-16(14)19(22)24/h2-8,10,17H,9,11-13H2,1H3,(H,21,23)/t17-/m1/s1. The first-order chi connectivity index (χ1) is 12.8. The molecule has 1 aromatic heterocycles. The number of sulfone groups is 1. The lowest BCUT2D eigenvalue weighted by Crippen LogP contribution is -2.47. The SMILES string of the molecule is CS(=O)(=O)CC[C@H](C(=O)NCc1ccccn1)N1Cc2ccccc2C1=O. The van der Waals surface area contributed by atoms with Crippen LogP contribution in [0.1, 0.15) is 28.0 Å². The summed E-state index contributed by atoms with van der Waals surface area (Å²) in [6.45, 7) is 0.504. The van der Waals surface area contributed by atoms with E-state index in [4.69, 9.17) is 0 Å². The number of fused-ring (bicyclic) bond motifs is 1. The van der Waals surface area contributed by atoms with Gasteiger partial charge in [-0.05, 0) is 30.2 Å². The Morgan fingerprint density at radius 1 is 1.22 bits per heavy atom. The van der Waals surface area contributed by atoms with Gasteiger partial charge >= 0.3 is 0 Å². The highest BCUT2D eigenvalue weighted by Crippen LogP contribution is 2.25. The average Bonchev–Trinajstić information content (AvgIpc) is 2.97. The molecule has 2 aromatic rings. The first kappa shape index (κ1) is 19.0. The predicted molar refractivity (Wildman–Crippen MR) is 101 cm³/mol. The molecule has 0 fully saturated rings. The Labute approximate surface area is 158 Å². The summed E-state index contributed by atoms with van der Waals surface area (Å²) in [5, 5.41) is 2.77. The maximum absolute atomic E-state index is 12.8. The average molecular weight is 387 g/mol. The van der Waals surface area contributed by atoms with Crippen molar-refractivity contribution in [2.24, 2.45) is 0 Å². The van der Waals surface area contributed by atoms with Crippen molar-refractivity contribution in [2.75, 3.05) is 12.0 Å². The fraction of sp³-hybridized carbons (Fsp3) is 0.316. The molecule has 0 unspecified atom stereocenters. The molecule has 3 rings (SSSR count). The summed E-state index contributed by atoms with van der Waals surface area (Å²) in [4.78, 5) is 31.1. The van der Waals surface area contributed by atoms with Crippen molar-refractivity contribution >= 4 is 21.7 Å². The van der Waals surface area contributed by atoms with E-state index in [2.05, 4.69) is 10.3 Å². The minimum absolute atomic E-state index is 0.0482. The molecule has 0 aliphatic carbocycles. The van der Waals surface area contributed by atoms with E-state index in [1.54, 1.807) is 30.5 Å². The Balaban J connectivity index is 1.77. The molecule has 1 atom stereocenters. The van der Waals surface area contributed by atoms with Gasteiger partial charge in [-0.2, -0.15) is 0 Å². The zero-order valence-corrected chi connectivity index (χ0v) is 15.8. The third-order valence-corrected chi connectivity index (χ3v) is 5.44. The van der Waals surface area contributed by atoms with Gasteiger partial charge in [-0.15, -0.1) is 0 Å². The van der Waals surface area contributed by atoms with Crippen LogP contribution in [0.5, 0.6) is 0 Å². The lowest BCUT2D eigenvalue weighted by Gasteiger charge is -2.26. The van der Waals surface area contributed by atoms with E-state index >= 15 is 0 Å². The number of rotatable bonds is 7. The Morgan fingerprint density at radius 2 is 1.96 bits per heavy atom. The number of nitrogens with zero attached hydrogens (tertiary/aromatic N) is 2. The van der Waals surface area contributed by atoms with Crippen LogP contribution in [-0.4, -0.2) is 48.2 Å². The second-order valence-corrected chi connectivity index (χ2v) is 8.82. The molecular weight excluding hydrogens is 366 g/mol. The molecule has 0 bridgehead atoms. The zero-order valence-electron chi connectivity index (χ0n) is 15.0. The van der Waals surface area contributed by atoms with Crippen LogP contribution in [0.2, 0.25) is 0 Å². The minimum atomic E-state index is -3.26. The summed E-state index contributed by atoms with van der Waals surface area (Å²) in [7, 11) is -3.26. The molecule has 8 heteroatoms. The third kappa shape index (κ3) is 4.71. The Kier molecular flexibility index (Phi) is 5.55. The zero-order chi connectivity index (χ0) is 19.4. The molecule has 2 amide bonds. The number of hydrogen-bond donors (Lipinski definition) is 1. The van der Waals surface area contributed by atoms with Gasteiger partial charge in [-0.25, -0.2) is 8.42 Å². The van der Waals surface area contributed by atoms with Gasteiger partial charge in [0.25, 0.3) is 5.91 Å². The number of carbonyl (C=O) groups is 2. The molecule has 1 aromatic carbocycles. The van der Waals surface area contributed by atoms with Crippen LogP contribution in [0.4, 0.5) is 0 Å². The number of benzene rings is 1. The van der Waals surface area contributed by atoms with Gasteiger partial charge in [0, 0.05) is 24.6 Å². The molecule has 27 heavy (non-hydrogen) atoms. The molecule has 0 saturated carbocycles. The van der Waals surface area contributed by atoms with Gasteiger partial charge in [0.05, 0.1) is 18.0 Å². The van der Waals surface area contributed by atoms with E-state index in [-0.39, 0.29) is 30.5 Å². The number of carbonyl (C=O) groups excluding carboxylic acids is 2. The molecule has 2 heterocycles. The van der Waals surface area contributed by atoms with Crippen molar-refractivity contribution in [1.82, 2.24) is 15.2 Å². The molecule has 0 saturated heterocycles. The molecule has 0 spiro atoms. The molecule has 142 valence electrons. The largest absolute Gasteiger partial charge is 0.349 e. The minimum Gasteiger partial charge on any atom is -0.349 e. The maximum Gasteiger partial charge on any atom is 0.255 e. The fourth-order valence-electron chi connectivity index (χ4n) is 3.08. The maximum atomic E-state index is 12.8. The van der Waals surface area contributed by atoms with E-state index in [0.29, 0.717) is 17.8 Å². The Morgan fingerprint density at radius 3 is 2.63 bits per heavy atom. The molecule has 0 radical (unpaired) electrons. The summed E-state index contributed by atoms with van der Waals surface area (Å²) in [6.07, 6.45) is 2.80. The number of aromatic nitrogens is 1. The van der Waals surface area contributed by atoms with Crippen LogP contribution in [0.25, 0.3) is 0 Å². The quantitative estimate of drug-likeness (QED) is 0.769. The smallest absolute Gasteiger partial charge is 0.255 e. The van der Waals surface area contributed by atoms with Crippen LogP contribution in [0, 0.1) is 0 Å². The fourth-order valence-corrected chi connectivity index (χ4v) is 3.73. The molecule has 1 N–H and O–H groups in total. The Hall–Kier alpha value is -2.74. The molecule has 1 aliphatic rings. The van der Waals surface area contributed by atoms with Crippen molar-refractivity contribution in [3.63, 3.8) is 0 Å². The van der Waals surface area contributed by atoms with Crippen LogP contribution in [0.15, 0.2) is 48.7 Å². The van der Waals surface area contributed by atoms with Crippen molar-refractivity contribution in [2.45, 2.75) is 25.6 Å². The normalized spacial score (nSPS) is 14.7. The van der Waals surface area contributed by atoms with Gasteiger partial charge in [-0.1, -0.05) is 24.3 Å². The first-order valence-electron chi connectivity index (χ1n) is 8.59. The van der Waals surface area contributed by atoms with Crippen molar-refractivity contribution in [1.29, 1.82) is 0 Å².